The molecule has 0 aliphatic carbocycles. The van der Waals surface area contributed by atoms with E-state index < -0.39 is 53.3 Å². The zero-order valence-electron chi connectivity index (χ0n) is 30.5. The summed E-state index contributed by atoms with van der Waals surface area (Å²) in [6, 6.07) is 10.1. The molecule has 280 valence electrons. The molecule has 2 N–H and O–H groups in total. The first-order valence-corrected chi connectivity index (χ1v) is 18.8. The molecule has 6 aliphatic heterocycles. The third-order valence-corrected chi connectivity index (χ3v) is 12.6. The third kappa shape index (κ3) is 5.64. The fraction of sp³-hybridized carbons (Fsp3) is 0.400. The largest absolute Gasteiger partial charge is 0.504 e. The van der Waals surface area contributed by atoms with Crippen LogP contribution in [0.1, 0.15) is 63.2 Å². The maximum Gasteiger partial charge on any atom is 0.329 e. The summed E-state index contributed by atoms with van der Waals surface area (Å²) in [5.41, 5.74) is 5.06. The Kier molecular flexibility index (Phi) is 9.20. The van der Waals surface area contributed by atoms with Gasteiger partial charge in [0.1, 0.15) is 24.4 Å². The molecule has 2 fully saturated rings. The Bertz CT molecular complexity index is 2140. The number of carbonyl (C=O) groups excluding carboxylic acids is 3. The van der Waals surface area contributed by atoms with E-state index in [4.69, 9.17) is 23.7 Å². The standard InChI is InChI=1S/C40H40N4O9S/c1-19-13-23-14-25-26(15-41)44-27-16-50-40(48)24(42-28(46)12-11-22-9-7-6-8-10-22)17-54-39(33(44)32(43(25)4)29(23)34(47)35(19)49-5)31-30(27)38-37(51-18-52-38)20(2)36(31)53-21(3)45/h6-13,24-27,32-33,39,47H,14,16-18H2,1-5H3,(H,42,46)/b12-11+/t24-,25+,26-,27+,32+,33?,39+/m0/s1. The number of methoxy groups -OCH3 is 1. The summed E-state index contributed by atoms with van der Waals surface area (Å²) < 4.78 is 29.9. The first-order chi connectivity index (χ1) is 26.0. The van der Waals surface area contributed by atoms with Gasteiger partial charge in [-0.25, -0.2) is 4.79 Å². The van der Waals surface area contributed by atoms with Crippen LogP contribution in [0, 0.1) is 25.2 Å². The molecule has 0 radical (unpaired) electrons. The number of nitrogens with zero attached hydrogens (tertiary/aromatic N) is 3. The average molecular weight is 753 g/mol. The van der Waals surface area contributed by atoms with Crippen molar-refractivity contribution >= 4 is 35.7 Å². The van der Waals surface area contributed by atoms with Crippen LogP contribution in [-0.2, 0) is 25.5 Å². The van der Waals surface area contributed by atoms with E-state index in [1.54, 1.807) is 13.0 Å². The summed E-state index contributed by atoms with van der Waals surface area (Å²) in [5.74, 6) is 0.0135. The lowest BCUT2D eigenvalue weighted by molar-refractivity contribution is -0.152. The van der Waals surface area contributed by atoms with E-state index in [1.165, 1.54) is 31.9 Å². The van der Waals surface area contributed by atoms with Gasteiger partial charge < -0.3 is 34.1 Å². The lowest BCUT2D eigenvalue weighted by Crippen LogP contribution is -2.69. The monoisotopic (exact) mass is 752 g/mol. The molecule has 6 heterocycles. The highest BCUT2D eigenvalue weighted by molar-refractivity contribution is 7.99. The van der Waals surface area contributed by atoms with Crippen LogP contribution in [0.4, 0.5) is 0 Å². The smallest absolute Gasteiger partial charge is 0.329 e. The van der Waals surface area contributed by atoms with Crippen LogP contribution in [-0.4, -0.2) is 90.2 Å². The van der Waals surface area contributed by atoms with Gasteiger partial charge in [-0.3, -0.25) is 19.4 Å². The van der Waals surface area contributed by atoms with Crippen molar-refractivity contribution in [2.75, 3.05) is 33.3 Å². The van der Waals surface area contributed by atoms with Gasteiger partial charge in [0, 0.05) is 53.1 Å². The van der Waals surface area contributed by atoms with Crippen molar-refractivity contribution in [3.63, 3.8) is 0 Å². The van der Waals surface area contributed by atoms with Gasteiger partial charge in [0.05, 0.1) is 30.5 Å². The Morgan fingerprint density at radius 3 is 2.57 bits per heavy atom. The van der Waals surface area contributed by atoms with E-state index in [0.717, 1.165) is 16.7 Å². The fourth-order valence-corrected chi connectivity index (χ4v) is 10.5. The number of carbonyl (C=O) groups is 3. The SMILES string of the molecule is COc1c(C)cc2c(c1O)[C@@H]1C3[C@@H]4SC[C@H](NC(=O)/C=C/c5ccccc5)C(=O)OC[C@H](c5c6c(c(C)c(OC(C)=O)c54)OCO6)N3[C@@H](C#N)[C@@H](C2)N1C. The summed E-state index contributed by atoms with van der Waals surface area (Å²) in [4.78, 5) is 44.2. The molecule has 3 aromatic carbocycles. The Morgan fingerprint density at radius 2 is 1.85 bits per heavy atom. The highest BCUT2D eigenvalue weighted by Crippen LogP contribution is 2.64. The number of thioether (sulfide) groups is 1. The fourth-order valence-electron chi connectivity index (χ4n) is 9.02. The van der Waals surface area contributed by atoms with Crippen LogP contribution in [0.2, 0.25) is 0 Å². The molecule has 9 rings (SSSR count). The van der Waals surface area contributed by atoms with Crippen LogP contribution in [0.25, 0.3) is 6.08 Å². The number of aryl methyl sites for hydroxylation is 1. The number of piperazine rings is 1. The van der Waals surface area contributed by atoms with Gasteiger partial charge >= 0.3 is 11.9 Å². The lowest BCUT2D eigenvalue weighted by atomic mass is 9.71. The van der Waals surface area contributed by atoms with E-state index in [9.17, 15) is 24.8 Å². The van der Waals surface area contributed by atoms with E-state index in [1.807, 2.05) is 50.4 Å². The van der Waals surface area contributed by atoms with Gasteiger partial charge in [-0.05, 0) is 50.1 Å². The molecule has 1 unspecified atom stereocenters. The Morgan fingerprint density at radius 1 is 1.09 bits per heavy atom. The van der Waals surface area contributed by atoms with Gasteiger partial charge in [-0.1, -0.05) is 36.4 Å². The number of ether oxygens (including phenoxy) is 5. The third-order valence-electron chi connectivity index (χ3n) is 11.2. The molecule has 4 bridgehead atoms. The molecule has 1 amide bonds. The number of likely N-dealkylation sites (N-methyl/N-ethyl adjacent to an activating group) is 1. The number of nitrogens with one attached hydrogen (secondary N) is 1. The molecular weight excluding hydrogens is 713 g/mol. The van der Waals surface area contributed by atoms with E-state index in [-0.39, 0.29) is 30.9 Å². The molecule has 13 nitrogen and oxygen atoms in total. The summed E-state index contributed by atoms with van der Waals surface area (Å²) in [5, 5.41) is 25.2. The van der Waals surface area contributed by atoms with Crippen LogP contribution in [0.5, 0.6) is 28.7 Å². The van der Waals surface area contributed by atoms with E-state index in [0.29, 0.717) is 51.7 Å². The number of rotatable bonds is 5. The number of nitriles is 1. The second-order valence-corrected chi connectivity index (χ2v) is 15.4. The van der Waals surface area contributed by atoms with Gasteiger partial charge in [0.25, 0.3) is 0 Å². The number of esters is 2. The van der Waals surface area contributed by atoms with Crippen molar-refractivity contribution < 1.29 is 43.2 Å². The minimum absolute atomic E-state index is 0.0280. The van der Waals surface area contributed by atoms with Crippen LogP contribution in [0.3, 0.4) is 0 Å². The predicted octanol–water partition coefficient (Wildman–Crippen LogP) is 4.43. The molecule has 54 heavy (non-hydrogen) atoms. The minimum atomic E-state index is -1.04. The van der Waals surface area contributed by atoms with Gasteiger partial charge in [0.2, 0.25) is 12.7 Å². The van der Waals surface area contributed by atoms with E-state index >= 15 is 0 Å². The molecule has 3 aromatic rings. The van der Waals surface area contributed by atoms with Crippen molar-refractivity contribution in [2.24, 2.45) is 0 Å². The normalized spacial score (nSPS) is 26.9. The van der Waals surface area contributed by atoms with Crippen molar-refractivity contribution in [3.05, 3.63) is 81.4 Å². The van der Waals surface area contributed by atoms with Gasteiger partial charge in [-0.2, -0.15) is 5.26 Å². The van der Waals surface area contributed by atoms with Crippen molar-refractivity contribution in [3.8, 4) is 34.8 Å². The Labute approximate surface area is 316 Å². The number of hydrogen-bond acceptors (Lipinski definition) is 13. The number of aromatic hydroxyl groups is 1. The molecular formula is C40H40N4O9S. The highest BCUT2D eigenvalue weighted by atomic mass is 32.2. The van der Waals surface area contributed by atoms with E-state index in [2.05, 4.69) is 21.2 Å². The molecule has 0 aromatic heterocycles. The minimum Gasteiger partial charge on any atom is -0.504 e. The Hall–Kier alpha value is -5.23. The molecule has 0 spiro atoms. The number of phenolic OH excluding ortho intramolecular Hbond substituents is 1. The summed E-state index contributed by atoms with van der Waals surface area (Å²) in [6.45, 7) is 4.74. The van der Waals surface area contributed by atoms with Gasteiger partial charge in [-0.15, -0.1) is 11.8 Å². The zero-order chi connectivity index (χ0) is 38.0. The maximum atomic E-state index is 13.9. The summed E-state index contributed by atoms with van der Waals surface area (Å²) in [7, 11) is 3.48. The number of fused-ring (bicyclic) bond motifs is 10. The Balaban J connectivity index is 1.32. The first kappa shape index (κ1) is 35.8. The average Bonchev–Trinajstić information content (AvgIpc) is 3.64. The summed E-state index contributed by atoms with van der Waals surface area (Å²) in [6.07, 6.45) is 3.53. The highest BCUT2D eigenvalue weighted by Gasteiger charge is 2.60. The van der Waals surface area contributed by atoms with Crippen LogP contribution < -0.4 is 24.3 Å². The van der Waals surface area contributed by atoms with Crippen molar-refractivity contribution in [2.45, 2.75) is 68.7 Å². The first-order valence-electron chi connectivity index (χ1n) is 17.8. The molecule has 6 aliphatic rings. The molecule has 2 saturated heterocycles. The predicted molar refractivity (Wildman–Crippen MR) is 197 cm³/mol. The van der Waals surface area contributed by atoms with Gasteiger partial charge in [0.15, 0.2) is 23.0 Å². The zero-order valence-corrected chi connectivity index (χ0v) is 31.3. The number of benzene rings is 3. The molecule has 0 saturated carbocycles. The van der Waals surface area contributed by atoms with Crippen molar-refractivity contribution in [1.82, 2.24) is 15.1 Å². The number of phenols is 1. The lowest BCUT2D eigenvalue weighted by Gasteiger charge is -2.61. The van der Waals surface area contributed by atoms with Crippen LogP contribution in [0.15, 0.2) is 42.5 Å². The van der Waals surface area contributed by atoms with Crippen molar-refractivity contribution in [1.29, 1.82) is 5.26 Å². The molecule has 14 heteroatoms. The molecule has 7 atom stereocenters. The second-order valence-electron chi connectivity index (χ2n) is 14.2. The topological polar surface area (TPSA) is 160 Å². The number of hydrogen-bond donors (Lipinski definition) is 2. The number of amides is 1. The van der Waals surface area contributed by atoms with Crippen LogP contribution >= 0.6 is 11.8 Å². The second kappa shape index (κ2) is 13.9. The maximum absolute atomic E-state index is 13.9. The summed E-state index contributed by atoms with van der Waals surface area (Å²) >= 11 is 1.38. The quantitative estimate of drug-likeness (QED) is 0.214.